The van der Waals surface area contributed by atoms with Crippen LogP contribution < -0.4 is 9.47 Å². The number of hydrogen-bond acceptors (Lipinski definition) is 6. The van der Waals surface area contributed by atoms with Gasteiger partial charge in [-0.2, -0.15) is 0 Å². The van der Waals surface area contributed by atoms with Gasteiger partial charge in [0.2, 0.25) is 0 Å². The number of ether oxygens (including phenoxy) is 6. The van der Waals surface area contributed by atoms with Crippen LogP contribution in [0, 0.1) is 0 Å². The van der Waals surface area contributed by atoms with Crippen LogP contribution in [0.5, 0.6) is 11.5 Å². The lowest BCUT2D eigenvalue weighted by molar-refractivity contribution is 0.0544. The Morgan fingerprint density at radius 2 is 1.14 bits per heavy atom. The number of methoxy groups -OCH3 is 2. The summed E-state index contributed by atoms with van der Waals surface area (Å²) in [5.74, 6) is 1.61. The molecule has 0 fully saturated rings. The first-order valence-electron chi connectivity index (χ1n) is 12.3. The fraction of sp³-hybridized carbons (Fsp3) is 0.333. The summed E-state index contributed by atoms with van der Waals surface area (Å²) in [5, 5.41) is 4.52. The second-order valence-electron chi connectivity index (χ2n) is 8.26. The van der Waals surface area contributed by atoms with Crippen LogP contribution in [0.25, 0.3) is 32.7 Å². The molecule has 0 saturated heterocycles. The summed E-state index contributed by atoms with van der Waals surface area (Å²) in [6.45, 7) is 4.12. The Labute approximate surface area is 212 Å². The van der Waals surface area contributed by atoms with E-state index in [4.69, 9.17) is 28.4 Å². The van der Waals surface area contributed by atoms with Crippen LogP contribution in [0.3, 0.4) is 0 Å². The van der Waals surface area contributed by atoms with Crippen molar-refractivity contribution in [2.24, 2.45) is 0 Å². The van der Waals surface area contributed by atoms with E-state index in [9.17, 15) is 0 Å². The molecule has 4 aromatic carbocycles. The van der Waals surface area contributed by atoms with E-state index in [1.54, 1.807) is 14.2 Å². The fourth-order valence-electron chi connectivity index (χ4n) is 4.14. The first-order valence-corrected chi connectivity index (χ1v) is 12.3. The Balaban J connectivity index is 1.66. The largest absolute Gasteiger partial charge is 0.491 e. The number of fused-ring (bicyclic) bond motifs is 2. The predicted octanol–water partition coefficient (Wildman–Crippen LogP) is 5.74. The Kier molecular flexibility index (Phi) is 9.94. The summed E-state index contributed by atoms with van der Waals surface area (Å²) in [4.78, 5) is 0. The normalized spacial score (nSPS) is 11.3. The van der Waals surface area contributed by atoms with Gasteiger partial charge in [0.1, 0.15) is 24.7 Å². The van der Waals surface area contributed by atoms with E-state index >= 15 is 0 Å². The molecule has 0 atom stereocenters. The molecular formula is C30H34O6. The van der Waals surface area contributed by atoms with Crippen molar-refractivity contribution in [3.8, 4) is 22.6 Å². The van der Waals surface area contributed by atoms with Crippen LogP contribution in [0.15, 0.2) is 72.8 Å². The third-order valence-corrected chi connectivity index (χ3v) is 5.84. The zero-order valence-corrected chi connectivity index (χ0v) is 21.0. The molecule has 0 unspecified atom stereocenters. The molecule has 0 bridgehead atoms. The smallest absolute Gasteiger partial charge is 0.127 e. The minimum absolute atomic E-state index is 0.446. The van der Waals surface area contributed by atoms with Gasteiger partial charge in [-0.25, -0.2) is 0 Å². The van der Waals surface area contributed by atoms with Crippen LogP contribution in [0.2, 0.25) is 0 Å². The molecule has 4 aromatic rings. The lowest BCUT2D eigenvalue weighted by atomic mass is 9.93. The second kappa shape index (κ2) is 13.8. The van der Waals surface area contributed by atoms with Crippen LogP contribution >= 0.6 is 0 Å². The molecule has 4 rings (SSSR count). The Hall–Kier alpha value is -3.16. The average Bonchev–Trinajstić information content (AvgIpc) is 2.92. The molecule has 0 radical (unpaired) electrons. The quantitative estimate of drug-likeness (QED) is 0.198. The topological polar surface area (TPSA) is 55.4 Å². The molecule has 0 aromatic heterocycles. The maximum Gasteiger partial charge on any atom is 0.127 e. The van der Waals surface area contributed by atoms with Crippen molar-refractivity contribution in [1.82, 2.24) is 0 Å². The fourth-order valence-corrected chi connectivity index (χ4v) is 4.14. The second-order valence-corrected chi connectivity index (χ2v) is 8.26. The van der Waals surface area contributed by atoms with Crippen molar-refractivity contribution in [2.75, 3.05) is 67.1 Å². The van der Waals surface area contributed by atoms with E-state index in [2.05, 4.69) is 60.7 Å². The molecule has 0 aliphatic rings. The lowest BCUT2D eigenvalue weighted by Gasteiger charge is -2.18. The molecule has 0 amide bonds. The highest BCUT2D eigenvalue weighted by Crippen LogP contribution is 2.42. The van der Waals surface area contributed by atoms with Crippen molar-refractivity contribution in [3.05, 3.63) is 72.8 Å². The van der Waals surface area contributed by atoms with Gasteiger partial charge in [0.15, 0.2) is 0 Å². The van der Waals surface area contributed by atoms with Gasteiger partial charge in [-0.05, 0) is 45.3 Å². The first-order chi connectivity index (χ1) is 17.8. The SMILES string of the molecule is COCCOCCOc1cc(-c2c(OCCOCCOC)ccc3ccccc23)c2ccccc2c1. The van der Waals surface area contributed by atoms with Gasteiger partial charge in [0, 0.05) is 19.8 Å². The highest BCUT2D eigenvalue weighted by molar-refractivity contribution is 6.08. The third-order valence-electron chi connectivity index (χ3n) is 5.84. The molecule has 6 nitrogen and oxygen atoms in total. The van der Waals surface area contributed by atoms with Crippen molar-refractivity contribution in [3.63, 3.8) is 0 Å². The molecular weight excluding hydrogens is 456 g/mol. The van der Waals surface area contributed by atoms with Gasteiger partial charge >= 0.3 is 0 Å². The molecule has 6 heteroatoms. The van der Waals surface area contributed by atoms with E-state index < -0.39 is 0 Å². The van der Waals surface area contributed by atoms with Gasteiger partial charge in [-0.15, -0.1) is 0 Å². The first kappa shape index (κ1) is 25.9. The summed E-state index contributed by atoms with van der Waals surface area (Å²) < 4.78 is 33.6. The van der Waals surface area contributed by atoms with Gasteiger partial charge in [0.25, 0.3) is 0 Å². The van der Waals surface area contributed by atoms with Crippen LogP contribution in [-0.2, 0) is 18.9 Å². The number of rotatable bonds is 15. The molecule has 0 heterocycles. The highest BCUT2D eigenvalue weighted by atomic mass is 16.5. The van der Waals surface area contributed by atoms with E-state index in [0.717, 1.165) is 44.2 Å². The lowest BCUT2D eigenvalue weighted by Crippen LogP contribution is -2.10. The van der Waals surface area contributed by atoms with Crippen molar-refractivity contribution in [1.29, 1.82) is 0 Å². The summed E-state index contributed by atoms with van der Waals surface area (Å²) in [6.07, 6.45) is 0. The monoisotopic (exact) mass is 490 g/mol. The maximum absolute atomic E-state index is 6.27. The maximum atomic E-state index is 6.27. The van der Waals surface area contributed by atoms with Gasteiger partial charge < -0.3 is 28.4 Å². The Bertz CT molecular complexity index is 1240. The summed E-state index contributed by atoms with van der Waals surface area (Å²) in [6, 6.07) is 25.0. The van der Waals surface area contributed by atoms with Gasteiger partial charge in [0.05, 0.1) is 39.6 Å². The summed E-state index contributed by atoms with van der Waals surface area (Å²) in [5.41, 5.74) is 2.11. The molecule has 0 N–H and O–H groups in total. The van der Waals surface area contributed by atoms with Gasteiger partial charge in [-0.1, -0.05) is 54.6 Å². The van der Waals surface area contributed by atoms with Crippen molar-refractivity contribution < 1.29 is 28.4 Å². The Morgan fingerprint density at radius 3 is 1.86 bits per heavy atom. The molecule has 0 aliphatic carbocycles. The van der Waals surface area contributed by atoms with Crippen LogP contribution in [-0.4, -0.2) is 67.1 Å². The minimum atomic E-state index is 0.446. The molecule has 0 aliphatic heterocycles. The van der Waals surface area contributed by atoms with Crippen molar-refractivity contribution in [2.45, 2.75) is 0 Å². The Morgan fingerprint density at radius 1 is 0.528 bits per heavy atom. The number of benzene rings is 4. The van der Waals surface area contributed by atoms with Crippen molar-refractivity contribution >= 4 is 21.5 Å². The zero-order valence-electron chi connectivity index (χ0n) is 21.0. The summed E-state index contributed by atoms with van der Waals surface area (Å²) in [7, 11) is 3.33. The molecule has 0 saturated carbocycles. The highest BCUT2D eigenvalue weighted by Gasteiger charge is 2.16. The predicted molar refractivity (Wildman–Crippen MR) is 143 cm³/mol. The standard InChI is InChI=1S/C30H34O6/c1-31-13-15-33-17-19-35-25-21-24-8-4-5-9-26(24)28(22-25)30-27-10-6-3-7-23(27)11-12-29(30)36-20-18-34-16-14-32-2/h3-12,21-22H,13-20H2,1-2H3. The van der Waals surface area contributed by atoms with E-state index in [-0.39, 0.29) is 0 Å². The zero-order chi connectivity index (χ0) is 25.0. The number of hydrogen-bond donors (Lipinski definition) is 0. The van der Waals surface area contributed by atoms with Crippen LogP contribution in [0.4, 0.5) is 0 Å². The van der Waals surface area contributed by atoms with Crippen LogP contribution in [0.1, 0.15) is 0 Å². The summed E-state index contributed by atoms with van der Waals surface area (Å²) >= 11 is 0. The van der Waals surface area contributed by atoms with Gasteiger partial charge in [-0.3, -0.25) is 0 Å². The third kappa shape index (κ3) is 6.74. The van der Waals surface area contributed by atoms with E-state index in [1.807, 2.05) is 12.1 Å². The molecule has 190 valence electrons. The van der Waals surface area contributed by atoms with E-state index in [0.29, 0.717) is 52.9 Å². The van der Waals surface area contributed by atoms with E-state index in [1.165, 1.54) is 0 Å². The minimum Gasteiger partial charge on any atom is -0.491 e. The average molecular weight is 491 g/mol. The molecule has 36 heavy (non-hydrogen) atoms. The molecule has 0 spiro atoms.